The van der Waals surface area contributed by atoms with Crippen LogP contribution in [0.15, 0.2) is 22.8 Å². The Morgan fingerprint density at radius 3 is 2.95 bits per heavy atom. The molecule has 1 fully saturated rings. The molecule has 1 aliphatic heterocycles. The molecule has 2 atom stereocenters. The van der Waals surface area contributed by atoms with Crippen LogP contribution in [0.2, 0.25) is 0 Å². The Hall–Kier alpha value is -1.66. The largest absolute Gasteiger partial charge is 0.459 e. The van der Waals surface area contributed by atoms with E-state index < -0.39 is 5.91 Å². The molecule has 1 saturated heterocycles. The van der Waals surface area contributed by atoms with Crippen LogP contribution in [-0.4, -0.2) is 42.4 Å². The van der Waals surface area contributed by atoms with Gasteiger partial charge in [-0.1, -0.05) is 6.92 Å². The molecule has 19 heavy (non-hydrogen) atoms. The molecule has 0 aromatic carbocycles. The second kappa shape index (κ2) is 5.99. The highest BCUT2D eigenvalue weighted by Crippen LogP contribution is 2.14. The van der Waals surface area contributed by atoms with Crippen molar-refractivity contribution in [1.82, 2.24) is 10.2 Å². The van der Waals surface area contributed by atoms with Gasteiger partial charge >= 0.3 is 0 Å². The Balaban J connectivity index is 1.82. The summed E-state index contributed by atoms with van der Waals surface area (Å²) < 4.78 is 4.92. The molecule has 1 aliphatic rings. The van der Waals surface area contributed by atoms with Crippen LogP contribution in [0.3, 0.4) is 0 Å². The molecule has 104 valence electrons. The number of furan rings is 1. The molecular weight excluding hydrogens is 246 g/mol. The van der Waals surface area contributed by atoms with E-state index in [1.54, 1.807) is 6.07 Å². The number of piperidine rings is 1. The lowest BCUT2D eigenvalue weighted by Crippen LogP contribution is -2.50. The third kappa shape index (κ3) is 3.90. The van der Waals surface area contributed by atoms with Crippen LogP contribution in [0.5, 0.6) is 0 Å². The Labute approximate surface area is 111 Å². The van der Waals surface area contributed by atoms with Crippen LogP contribution in [0.25, 0.3) is 0 Å². The topological polar surface area (TPSA) is 88.6 Å². The zero-order chi connectivity index (χ0) is 13.8. The summed E-state index contributed by atoms with van der Waals surface area (Å²) in [7, 11) is 0. The number of carbonyl (C=O) groups excluding carboxylic acids is 2. The van der Waals surface area contributed by atoms with E-state index in [1.807, 2.05) is 4.90 Å². The maximum Gasteiger partial charge on any atom is 0.293 e. The molecular formula is C13H19N3O3. The average Bonchev–Trinajstić information content (AvgIpc) is 2.80. The molecule has 1 aromatic heterocycles. The first-order chi connectivity index (χ1) is 9.04. The van der Waals surface area contributed by atoms with Crippen LogP contribution in [0.1, 0.15) is 23.9 Å². The van der Waals surface area contributed by atoms with Gasteiger partial charge in [-0.05, 0) is 24.5 Å². The highest BCUT2D eigenvalue weighted by Gasteiger charge is 2.24. The molecule has 3 N–H and O–H groups in total. The second-order valence-electron chi connectivity index (χ2n) is 5.15. The van der Waals surface area contributed by atoms with Gasteiger partial charge in [0.25, 0.3) is 5.91 Å². The summed E-state index contributed by atoms with van der Waals surface area (Å²) in [6.07, 6.45) is 2.37. The number of nitrogens with two attached hydrogens (primary N) is 1. The van der Waals surface area contributed by atoms with Gasteiger partial charge in [0.05, 0.1) is 12.8 Å². The van der Waals surface area contributed by atoms with E-state index in [-0.39, 0.29) is 24.3 Å². The number of nitrogens with zero attached hydrogens (tertiary/aromatic N) is 1. The molecule has 1 aromatic rings. The Bertz CT molecular complexity index is 434. The second-order valence-corrected chi connectivity index (χ2v) is 5.15. The molecule has 0 bridgehead atoms. The zero-order valence-electron chi connectivity index (χ0n) is 11.0. The Morgan fingerprint density at radius 2 is 2.32 bits per heavy atom. The van der Waals surface area contributed by atoms with E-state index >= 15 is 0 Å². The highest BCUT2D eigenvalue weighted by atomic mass is 16.3. The van der Waals surface area contributed by atoms with Gasteiger partial charge in [-0.25, -0.2) is 0 Å². The predicted molar refractivity (Wildman–Crippen MR) is 69.4 cm³/mol. The number of amides is 2. The summed E-state index contributed by atoms with van der Waals surface area (Å²) in [5.41, 5.74) is 5.91. The van der Waals surface area contributed by atoms with Crippen LogP contribution < -0.4 is 11.1 Å². The minimum Gasteiger partial charge on any atom is -0.459 e. The number of rotatable bonds is 3. The lowest BCUT2D eigenvalue weighted by molar-refractivity contribution is -0.121. The normalized spacial score (nSPS) is 24.1. The fraction of sp³-hybridized carbons (Fsp3) is 0.538. The van der Waals surface area contributed by atoms with Crippen molar-refractivity contribution < 1.29 is 14.0 Å². The lowest BCUT2D eigenvalue weighted by Gasteiger charge is -2.34. The minimum absolute atomic E-state index is 0.0947. The first-order valence-electron chi connectivity index (χ1n) is 6.40. The van der Waals surface area contributed by atoms with Gasteiger partial charge < -0.3 is 10.2 Å². The minimum atomic E-state index is -0.510. The third-order valence-corrected chi connectivity index (χ3v) is 3.13. The van der Waals surface area contributed by atoms with Gasteiger partial charge in [-0.2, -0.15) is 0 Å². The SMILES string of the molecule is CC1CC(N)CN(CC(=O)NC(=O)c2ccco2)C1. The van der Waals surface area contributed by atoms with Gasteiger partial charge in [-0.15, -0.1) is 0 Å². The smallest absolute Gasteiger partial charge is 0.293 e. The van der Waals surface area contributed by atoms with Crippen molar-refractivity contribution in [1.29, 1.82) is 0 Å². The quantitative estimate of drug-likeness (QED) is 0.815. The highest BCUT2D eigenvalue weighted by molar-refractivity contribution is 6.03. The maximum atomic E-state index is 11.8. The number of hydrogen-bond acceptors (Lipinski definition) is 5. The lowest BCUT2D eigenvalue weighted by atomic mass is 9.97. The van der Waals surface area contributed by atoms with E-state index in [2.05, 4.69) is 12.2 Å². The number of nitrogens with one attached hydrogen (secondary N) is 1. The summed E-state index contributed by atoms with van der Waals surface area (Å²) in [5, 5.41) is 2.31. The molecule has 0 saturated carbocycles. The van der Waals surface area contributed by atoms with Gasteiger partial charge in [0.15, 0.2) is 5.76 Å². The first kappa shape index (κ1) is 13.8. The van der Waals surface area contributed by atoms with Crippen LogP contribution in [-0.2, 0) is 4.79 Å². The van der Waals surface area contributed by atoms with Crippen molar-refractivity contribution in [3.8, 4) is 0 Å². The van der Waals surface area contributed by atoms with Crippen molar-refractivity contribution in [2.75, 3.05) is 19.6 Å². The average molecular weight is 265 g/mol. The van der Waals surface area contributed by atoms with Gasteiger partial charge in [0, 0.05) is 19.1 Å². The van der Waals surface area contributed by atoms with E-state index in [0.29, 0.717) is 12.5 Å². The molecule has 6 heteroatoms. The van der Waals surface area contributed by atoms with Gasteiger partial charge in [0.1, 0.15) is 0 Å². The molecule has 6 nitrogen and oxygen atoms in total. The standard InChI is InChI=1S/C13H19N3O3/c1-9-5-10(14)7-16(6-9)8-12(17)15-13(18)11-3-2-4-19-11/h2-4,9-10H,5-8,14H2,1H3,(H,15,17,18). The van der Waals surface area contributed by atoms with Gasteiger partial charge in [0.2, 0.25) is 5.91 Å². The summed E-state index contributed by atoms with van der Waals surface area (Å²) in [6, 6.07) is 3.21. The summed E-state index contributed by atoms with van der Waals surface area (Å²) in [6.45, 7) is 3.81. The first-order valence-corrected chi connectivity index (χ1v) is 6.40. The van der Waals surface area contributed by atoms with Crippen molar-refractivity contribution in [2.45, 2.75) is 19.4 Å². The fourth-order valence-electron chi connectivity index (χ4n) is 2.48. The van der Waals surface area contributed by atoms with Crippen LogP contribution in [0.4, 0.5) is 0 Å². The van der Waals surface area contributed by atoms with Crippen LogP contribution >= 0.6 is 0 Å². The molecule has 2 amide bonds. The molecule has 2 rings (SSSR count). The Morgan fingerprint density at radius 1 is 1.53 bits per heavy atom. The van der Waals surface area contributed by atoms with Gasteiger partial charge in [-0.3, -0.25) is 19.8 Å². The van der Waals surface area contributed by atoms with Crippen molar-refractivity contribution in [3.63, 3.8) is 0 Å². The Kier molecular flexibility index (Phi) is 4.34. The summed E-state index contributed by atoms with van der Waals surface area (Å²) >= 11 is 0. The van der Waals surface area contributed by atoms with E-state index in [4.69, 9.17) is 10.2 Å². The maximum absolute atomic E-state index is 11.8. The number of imide groups is 1. The summed E-state index contributed by atoms with van der Waals surface area (Å²) in [4.78, 5) is 25.4. The number of hydrogen-bond donors (Lipinski definition) is 2. The number of carbonyl (C=O) groups is 2. The predicted octanol–water partition coefficient (Wildman–Crippen LogP) is 0.205. The molecule has 2 heterocycles. The van der Waals surface area contributed by atoms with Crippen molar-refractivity contribution >= 4 is 11.8 Å². The molecule has 0 aliphatic carbocycles. The molecule has 2 unspecified atom stereocenters. The third-order valence-electron chi connectivity index (χ3n) is 3.13. The monoisotopic (exact) mass is 265 g/mol. The van der Waals surface area contributed by atoms with E-state index in [0.717, 1.165) is 13.0 Å². The molecule has 0 radical (unpaired) electrons. The van der Waals surface area contributed by atoms with E-state index in [9.17, 15) is 9.59 Å². The molecule has 0 spiro atoms. The van der Waals surface area contributed by atoms with Crippen LogP contribution in [0, 0.1) is 5.92 Å². The van der Waals surface area contributed by atoms with Crippen molar-refractivity contribution in [2.24, 2.45) is 11.7 Å². The van der Waals surface area contributed by atoms with Crippen molar-refractivity contribution in [3.05, 3.63) is 24.2 Å². The zero-order valence-corrected chi connectivity index (χ0v) is 11.0. The van der Waals surface area contributed by atoms with E-state index in [1.165, 1.54) is 12.3 Å². The number of likely N-dealkylation sites (tertiary alicyclic amines) is 1. The summed E-state index contributed by atoms with van der Waals surface area (Å²) in [5.74, 6) is -0.235. The fourth-order valence-corrected chi connectivity index (χ4v) is 2.48.